The van der Waals surface area contributed by atoms with Gasteiger partial charge in [-0.15, -0.1) is 0 Å². The molecule has 12 rings (SSSR count). The number of hydrogen-bond acceptors (Lipinski definition) is 3. The van der Waals surface area contributed by atoms with Crippen LogP contribution in [0.1, 0.15) is 0 Å². The summed E-state index contributed by atoms with van der Waals surface area (Å²) >= 11 is 0. The van der Waals surface area contributed by atoms with E-state index in [0.29, 0.717) is 5.89 Å². The lowest BCUT2D eigenvalue weighted by Gasteiger charge is -2.27. The second kappa shape index (κ2) is 15.7. The van der Waals surface area contributed by atoms with Gasteiger partial charge in [0.25, 0.3) is 0 Å². The maximum Gasteiger partial charge on any atom is 0.227 e. The van der Waals surface area contributed by atoms with E-state index in [-0.39, 0.29) is 0 Å². The van der Waals surface area contributed by atoms with Crippen LogP contribution in [0, 0.1) is 0 Å². The predicted octanol–water partition coefficient (Wildman–Crippen LogP) is 17.1. The molecule has 11 aromatic carbocycles. The van der Waals surface area contributed by atoms with Crippen molar-refractivity contribution < 1.29 is 4.42 Å². The zero-order chi connectivity index (χ0) is 42.4. The summed E-state index contributed by atoms with van der Waals surface area (Å²) in [4.78, 5) is 7.46. The third kappa shape index (κ3) is 6.77. The topological polar surface area (TPSA) is 29.3 Å². The molecule has 1 heterocycles. The van der Waals surface area contributed by atoms with Crippen molar-refractivity contribution in [3.63, 3.8) is 0 Å². The first-order valence-electron chi connectivity index (χ1n) is 21.8. The molecule has 12 aromatic rings. The van der Waals surface area contributed by atoms with E-state index in [1.807, 2.05) is 0 Å². The Hall–Kier alpha value is -8.53. The van der Waals surface area contributed by atoms with E-state index >= 15 is 0 Å². The molecule has 0 bridgehead atoms. The molecule has 0 aliphatic rings. The van der Waals surface area contributed by atoms with Crippen LogP contribution in [0.15, 0.2) is 247 Å². The van der Waals surface area contributed by atoms with Gasteiger partial charge in [0.05, 0.1) is 0 Å². The van der Waals surface area contributed by atoms with Crippen LogP contribution >= 0.6 is 0 Å². The van der Waals surface area contributed by atoms with E-state index in [4.69, 9.17) is 9.40 Å². The Bertz CT molecular complexity index is 3670. The van der Waals surface area contributed by atoms with Crippen molar-refractivity contribution in [2.24, 2.45) is 0 Å². The molecule has 0 spiro atoms. The smallest absolute Gasteiger partial charge is 0.227 e. The number of nitrogens with zero attached hydrogens (tertiary/aromatic N) is 2. The molecule has 0 saturated carbocycles. The van der Waals surface area contributed by atoms with Crippen molar-refractivity contribution in [1.82, 2.24) is 4.98 Å². The standard InChI is InChI=1S/C61H40N2O/c1-4-14-41(15-5-1)46-22-12-23-51(38-46)63(53-32-33-55(43-17-6-2-7-18-43)58(40-53)44-19-8-3-9-20-44)52-31-30-47-36-49(28-27-48(47)39-52)54-24-13-25-57-56(54)34-35-59-60(57)62-61(64-59)50-29-26-42-16-10-11-21-45(42)37-50/h1-40H. The second-order valence-corrected chi connectivity index (χ2v) is 16.4. The van der Waals surface area contributed by atoms with E-state index in [1.54, 1.807) is 0 Å². The fraction of sp³-hybridized carbons (Fsp3) is 0. The van der Waals surface area contributed by atoms with Crippen molar-refractivity contribution in [2.45, 2.75) is 0 Å². The molecule has 64 heavy (non-hydrogen) atoms. The summed E-state index contributed by atoms with van der Waals surface area (Å²) in [6.45, 7) is 0. The number of rotatable bonds is 8. The fourth-order valence-corrected chi connectivity index (χ4v) is 9.29. The number of fused-ring (bicyclic) bond motifs is 5. The van der Waals surface area contributed by atoms with Gasteiger partial charge in [-0.05, 0) is 138 Å². The predicted molar refractivity (Wildman–Crippen MR) is 268 cm³/mol. The lowest BCUT2D eigenvalue weighted by atomic mass is 9.93. The molecule has 0 aliphatic heterocycles. The summed E-state index contributed by atoms with van der Waals surface area (Å²) in [6, 6.07) is 86.9. The van der Waals surface area contributed by atoms with Crippen LogP contribution in [0.5, 0.6) is 0 Å². The van der Waals surface area contributed by atoms with E-state index in [1.165, 1.54) is 44.2 Å². The molecular weight excluding hydrogens is 777 g/mol. The van der Waals surface area contributed by atoms with E-state index < -0.39 is 0 Å². The minimum absolute atomic E-state index is 0.629. The summed E-state index contributed by atoms with van der Waals surface area (Å²) in [5.41, 5.74) is 15.3. The lowest BCUT2D eigenvalue weighted by molar-refractivity contribution is 0.620. The number of anilines is 3. The van der Waals surface area contributed by atoms with Gasteiger partial charge in [-0.3, -0.25) is 0 Å². The van der Waals surface area contributed by atoms with Gasteiger partial charge in [-0.25, -0.2) is 4.98 Å². The van der Waals surface area contributed by atoms with Crippen molar-refractivity contribution >= 4 is 60.5 Å². The van der Waals surface area contributed by atoms with Gasteiger partial charge in [-0.1, -0.05) is 176 Å². The summed E-state index contributed by atoms with van der Waals surface area (Å²) in [6.07, 6.45) is 0. The van der Waals surface area contributed by atoms with Crippen molar-refractivity contribution in [1.29, 1.82) is 0 Å². The van der Waals surface area contributed by atoms with Crippen LogP contribution in [-0.4, -0.2) is 4.98 Å². The summed E-state index contributed by atoms with van der Waals surface area (Å²) < 4.78 is 6.38. The molecule has 0 atom stereocenters. The van der Waals surface area contributed by atoms with Gasteiger partial charge >= 0.3 is 0 Å². The monoisotopic (exact) mass is 816 g/mol. The molecule has 0 radical (unpaired) electrons. The minimum atomic E-state index is 0.629. The van der Waals surface area contributed by atoms with E-state index in [0.717, 1.165) is 66.4 Å². The molecule has 0 unspecified atom stereocenters. The van der Waals surface area contributed by atoms with Gasteiger partial charge in [0.1, 0.15) is 5.52 Å². The van der Waals surface area contributed by atoms with Gasteiger partial charge in [0, 0.05) is 28.0 Å². The Labute approximate surface area is 371 Å². The van der Waals surface area contributed by atoms with Crippen LogP contribution in [-0.2, 0) is 0 Å². The maximum atomic E-state index is 6.38. The first kappa shape index (κ1) is 37.2. The number of benzene rings is 11. The average Bonchev–Trinajstić information content (AvgIpc) is 3.82. The largest absolute Gasteiger partial charge is 0.436 e. The molecule has 0 fully saturated rings. The van der Waals surface area contributed by atoms with Gasteiger partial charge in [-0.2, -0.15) is 0 Å². The molecule has 0 saturated heterocycles. The van der Waals surface area contributed by atoms with Gasteiger partial charge in [0.15, 0.2) is 5.58 Å². The van der Waals surface area contributed by atoms with E-state index in [2.05, 4.69) is 248 Å². The first-order chi connectivity index (χ1) is 31.7. The third-order valence-corrected chi connectivity index (χ3v) is 12.4. The molecule has 0 aliphatic carbocycles. The summed E-state index contributed by atoms with van der Waals surface area (Å²) in [5.74, 6) is 0.629. The Balaban J connectivity index is 0.958. The molecule has 3 heteroatoms. The van der Waals surface area contributed by atoms with Crippen LogP contribution in [0.4, 0.5) is 17.1 Å². The molecule has 0 N–H and O–H groups in total. The normalized spacial score (nSPS) is 11.4. The Morgan fingerprint density at radius 1 is 0.297 bits per heavy atom. The number of hydrogen-bond donors (Lipinski definition) is 0. The highest BCUT2D eigenvalue weighted by Crippen LogP contribution is 2.43. The highest BCUT2D eigenvalue weighted by atomic mass is 16.3. The summed E-state index contributed by atoms with van der Waals surface area (Å²) in [7, 11) is 0. The van der Waals surface area contributed by atoms with Crippen molar-refractivity contribution in [3.8, 4) is 56.0 Å². The number of oxazole rings is 1. The van der Waals surface area contributed by atoms with Crippen LogP contribution in [0.25, 0.3) is 99.4 Å². The Morgan fingerprint density at radius 3 is 1.69 bits per heavy atom. The van der Waals surface area contributed by atoms with Crippen LogP contribution in [0.2, 0.25) is 0 Å². The molecule has 0 amide bonds. The lowest BCUT2D eigenvalue weighted by Crippen LogP contribution is -2.10. The van der Waals surface area contributed by atoms with Crippen LogP contribution < -0.4 is 4.90 Å². The van der Waals surface area contributed by atoms with Crippen LogP contribution in [0.3, 0.4) is 0 Å². The third-order valence-electron chi connectivity index (χ3n) is 12.4. The zero-order valence-corrected chi connectivity index (χ0v) is 34.9. The maximum absolute atomic E-state index is 6.38. The van der Waals surface area contributed by atoms with E-state index in [9.17, 15) is 0 Å². The highest BCUT2D eigenvalue weighted by molar-refractivity contribution is 6.10. The SMILES string of the molecule is c1ccc(-c2cccc(N(c3ccc(-c4ccccc4)c(-c4ccccc4)c3)c3ccc4cc(-c5cccc6c5ccc5oc(-c7ccc8ccccc8c7)nc56)ccc4c3)c2)cc1. The second-order valence-electron chi connectivity index (χ2n) is 16.4. The quantitative estimate of drug-likeness (QED) is 0.153. The van der Waals surface area contributed by atoms with Gasteiger partial charge < -0.3 is 9.32 Å². The fourth-order valence-electron chi connectivity index (χ4n) is 9.29. The molecule has 300 valence electrons. The Kier molecular flexibility index (Phi) is 9.16. The zero-order valence-electron chi connectivity index (χ0n) is 34.9. The van der Waals surface area contributed by atoms with Crippen molar-refractivity contribution in [2.75, 3.05) is 4.90 Å². The molecule has 1 aromatic heterocycles. The average molecular weight is 817 g/mol. The highest BCUT2D eigenvalue weighted by Gasteiger charge is 2.19. The van der Waals surface area contributed by atoms with Gasteiger partial charge in [0.2, 0.25) is 5.89 Å². The van der Waals surface area contributed by atoms with Crippen molar-refractivity contribution in [3.05, 3.63) is 243 Å². The number of aromatic nitrogens is 1. The summed E-state index contributed by atoms with van der Waals surface area (Å²) in [5, 5.41) is 6.90. The molecule has 3 nitrogen and oxygen atoms in total. The minimum Gasteiger partial charge on any atom is -0.436 e. The first-order valence-corrected chi connectivity index (χ1v) is 21.8. The Morgan fingerprint density at radius 2 is 0.875 bits per heavy atom. The molecular formula is C61H40N2O.